The van der Waals surface area contributed by atoms with Crippen LogP contribution in [0.25, 0.3) is 10.9 Å². The standard InChI is InChI=1S/C17H24N2O/c1-13(2)19-10-7-15(8-11-19)20-16-4-5-17-14(12-16)6-9-18(17)3/h4-6,9,12-13,15H,7-8,10-11H2,1-3H3. The average molecular weight is 272 g/mol. The van der Waals surface area contributed by atoms with Crippen LogP contribution in [0.5, 0.6) is 5.75 Å². The molecule has 2 aromatic rings. The van der Waals surface area contributed by atoms with Gasteiger partial charge in [0.15, 0.2) is 0 Å². The number of hydrogen-bond acceptors (Lipinski definition) is 2. The third-order valence-corrected chi connectivity index (χ3v) is 4.37. The van der Waals surface area contributed by atoms with Crippen molar-refractivity contribution in [2.24, 2.45) is 7.05 Å². The summed E-state index contributed by atoms with van der Waals surface area (Å²) in [6, 6.07) is 9.19. The van der Waals surface area contributed by atoms with E-state index in [1.54, 1.807) is 0 Å². The molecule has 3 rings (SSSR count). The molecule has 1 aliphatic rings. The van der Waals surface area contributed by atoms with Gasteiger partial charge in [-0.05, 0) is 51.0 Å². The van der Waals surface area contributed by atoms with Crippen molar-refractivity contribution >= 4 is 10.9 Å². The van der Waals surface area contributed by atoms with Crippen LogP contribution in [0, 0.1) is 0 Å². The van der Waals surface area contributed by atoms with Gasteiger partial charge in [0, 0.05) is 43.3 Å². The predicted molar refractivity (Wildman–Crippen MR) is 83.3 cm³/mol. The third-order valence-electron chi connectivity index (χ3n) is 4.37. The second kappa shape index (κ2) is 5.49. The molecule has 0 atom stereocenters. The van der Waals surface area contributed by atoms with Crippen LogP contribution < -0.4 is 4.74 Å². The van der Waals surface area contributed by atoms with Gasteiger partial charge in [0.05, 0.1) is 0 Å². The lowest BCUT2D eigenvalue weighted by atomic mass is 10.1. The SMILES string of the molecule is CC(C)N1CCC(Oc2ccc3c(ccn3C)c2)CC1. The van der Waals surface area contributed by atoms with Gasteiger partial charge in [-0.25, -0.2) is 0 Å². The summed E-state index contributed by atoms with van der Waals surface area (Å²) in [5.41, 5.74) is 1.26. The van der Waals surface area contributed by atoms with Crippen LogP contribution in [0.4, 0.5) is 0 Å². The molecule has 2 heterocycles. The molecule has 1 saturated heterocycles. The Labute approximate surface area is 121 Å². The first-order chi connectivity index (χ1) is 9.63. The number of aromatic nitrogens is 1. The highest BCUT2D eigenvalue weighted by Crippen LogP contribution is 2.24. The Bertz CT molecular complexity index is 580. The molecule has 0 N–H and O–H groups in total. The van der Waals surface area contributed by atoms with Gasteiger partial charge in [-0.3, -0.25) is 0 Å². The molecule has 0 radical (unpaired) electrons. The van der Waals surface area contributed by atoms with Crippen LogP contribution in [0.15, 0.2) is 30.5 Å². The number of ether oxygens (including phenoxy) is 1. The zero-order valence-corrected chi connectivity index (χ0v) is 12.7. The molecule has 3 nitrogen and oxygen atoms in total. The Morgan fingerprint density at radius 1 is 1.15 bits per heavy atom. The fraction of sp³-hybridized carbons (Fsp3) is 0.529. The number of benzene rings is 1. The lowest BCUT2D eigenvalue weighted by Gasteiger charge is -2.34. The number of likely N-dealkylation sites (tertiary alicyclic amines) is 1. The first-order valence-electron chi connectivity index (χ1n) is 7.59. The highest BCUT2D eigenvalue weighted by atomic mass is 16.5. The number of fused-ring (bicyclic) bond motifs is 1. The first kappa shape index (κ1) is 13.5. The van der Waals surface area contributed by atoms with Crippen LogP contribution in [-0.4, -0.2) is 34.7 Å². The number of aryl methyl sites for hydroxylation is 1. The number of nitrogens with zero attached hydrogens (tertiary/aromatic N) is 2. The monoisotopic (exact) mass is 272 g/mol. The van der Waals surface area contributed by atoms with Crippen molar-refractivity contribution in [2.75, 3.05) is 13.1 Å². The van der Waals surface area contributed by atoms with Crippen molar-refractivity contribution < 1.29 is 4.74 Å². The van der Waals surface area contributed by atoms with E-state index in [0.29, 0.717) is 12.1 Å². The Balaban J connectivity index is 1.65. The molecule has 0 aliphatic carbocycles. The van der Waals surface area contributed by atoms with E-state index in [9.17, 15) is 0 Å². The van der Waals surface area contributed by atoms with Crippen molar-refractivity contribution in [3.8, 4) is 5.75 Å². The highest BCUT2D eigenvalue weighted by molar-refractivity contribution is 5.81. The maximum Gasteiger partial charge on any atom is 0.120 e. The van der Waals surface area contributed by atoms with Gasteiger partial charge in [0.2, 0.25) is 0 Å². The molecule has 0 spiro atoms. The van der Waals surface area contributed by atoms with E-state index in [1.807, 2.05) is 0 Å². The summed E-state index contributed by atoms with van der Waals surface area (Å²) in [5.74, 6) is 1.01. The minimum Gasteiger partial charge on any atom is -0.490 e. The maximum atomic E-state index is 6.16. The highest BCUT2D eigenvalue weighted by Gasteiger charge is 2.22. The van der Waals surface area contributed by atoms with Gasteiger partial charge in [-0.15, -0.1) is 0 Å². The summed E-state index contributed by atoms with van der Waals surface area (Å²) in [4.78, 5) is 2.53. The largest absolute Gasteiger partial charge is 0.490 e. The summed E-state index contributed by atoms with van der Waals surface area (Å²) in [5, 5.41) is 1.25. The average Bonchev–Trinajstić information content (AvgIpc) is 2.81. The predicted octanol–water partition coefficient (Wildman–Crippen LogP) is 3.43. The Kier molecular flexibility index (Phi) is 3.70. The topological polar surface area (TPSA) is 17.4 Å². The van der Waals surface area contributed by atoms with E-state index >= 15 is 0 Å². The van der Waals surface area contributed by atoms with Crippen LogP contribution in [0.3, 0.4) is 0 Å². The van der Waals surface area contributed by atoms with Gasteiger partial charge in [0.25, 0.3) is 0 Å². The van der Waals surface area contributed by atoms with Gasteiger partial charge < -0.3 is 14.2 Å². The molecular weight excluding hydrogens is 248 g/mol. The van der Waals surface area contributed by atoms with E-state index in [0.717, 1.165) is 31.7 Å². The van der Waals surface area contributed by atoms with Crippen molar-refractivity contribution in [3.63, 3.8) is 0 Å². The molecule has 3 heteroatoms. The zero-order chi connectivity index (χ0) is 14.1. The third kappa shape index (κ3) is 2.68. The fourth-order valence-corrected chi connectivity index (χ4v) is 3.04. The van der Waals surface area contributed by atoms with Crippen LogP contribution in [0.2, 0.25) is 0 Å². The van der Waals surface area contributed by atoms with Gasteiger partial charge in [-0.1, -0.05) is 0 Å². The first-order valence-corrected chi connectivity index (χ1v) is 7.59. The molecule has 1 aromatic heterocycles. The Morgan fingerprint density at radius 3 is 2.60 bits per heavy atom. The molecular formula is C17H24N2O. The summed E-state index contributed by atoms with van der Waals surface area (Å²) in [6.07, 6.45) is 4.72. The van der Waals surface area contributed by atoms with Crippen LogP contribution in [-0.2, 0) is 7.05 Å². The molecule has 0 unspecified atom stereocenters. The van der Waals surface area contributed by atoms with E-state index in [-0.39, 0.29) is 0 Å². The lowest BCUT2D eigenvalue weighted by Crippen LogP contribution is -2.41. The second-order valence-corrected chi connectivity index (χ2v) is 6.09. The Morgan fingerprint density at radius 2 is 1.90 bits per heavy atom. The molecule has 108 valence electrons. The summed E-state index contributed by atoms with van der Waals surface area (Å²) >= 11 is 0. The number of hydrogen-bond donors (Lipinski definition) is 0. The summed E-state index contributed by atoms with van der Waals surface area (Å²) < 4.78 is 8.30. The van der Waals surface area contributed by atoms with Gasteiger partial charge in [-0.2, -0.15) is 0 Å². The second-order valence-electron chi connectivity index (χ2n) is 6.09. The smallest absolute Gasteiger partial charge is 0.120 e. The maximum absolute atomic E-state index is 6.16. The molecule has 1 fully saturated rings. The molecule has 20 heavy (non-hydrogen) atoms. The lowest BCUT2D eigenvalue weighted by molar-refractivity contribution is 0.0844. The summed E-state index contributed by atoms with van der Waals surface area (Å²) in [7, 11) is 2.07. The van der Waals surface area contributed by atoms with Crippen molar-refractivity contribution in [3.05, 3.63) is 30.5 Å². The van der Waals surface area contributed by atoms with Crippen LogP contribution >= 0.6 is 0 Å². The van der Waals surface area contributed by atoms with Crippen molar-refractivity contribution in [2.45, 2.75) is 38.8 Å². The number of rotatable bonds is 3. The van der Waals surface area contributed by atoms with Crippen molar-refractivity contribution in [1.29, 1.82) is 0 Å². The normalized spacial score (nSPS) is 18.0. The minimum atomic E-state index is 0.367. The molecule has 1 aliphatic heterocycles. The molecule has 1 aromatic carbocycles. The number of piperidine rings is 1. The zero-order valence-electron chi connectivity index (χ0n) is 12.7. The van der Waals surface area contributed by atoms with Crippen molar-refractivity contribution in [1.82, 2.24) is 9.47 Å². The van der Waals surface area contributed by atoms with Crippen LogP contribution in [0.1, 0.15) is 26.7 Å². The van der Waals surface area contributed by atoms with Gasteiger partial charge >= 0.3 is 0 Å². The summed E-state index contributed by atoms with van der Waals surface area (Å²) in [6.45, 7) is 6.83. The van der Waals surface area contributed by atoms with Gasteiger partial charge in [0.1, 0.15) is 11.9 Å². The van der Waals surface area contributed by atoms with E-state index in [2.05, 4.69) is 60.8 Å². The fourth-order valence-electron chi connectivity index (χ4n) is 3.04. The molecule has 0 saturated carbocycles. The van der Waals surface area contributed by atoms with E-state index < -0.39 is 0 Å². The van der Waals surface area contributed by atoms with E-state index in [4.69, 9.17) is 4.74 Å². The molecule has 0 bridgehead atoms. The quantitative estimate of drug-likeness (QED) is 0.851. The molecule has 0 amide bonds. The minimum absolute atomic E-state index is 0.367. The van der Waals surface area contributed by atoms with E-state index in [1.165, 1.54) is 10.9 Å². The Hall–Kier alpha value is -1.48.